The molecular formula is C18H19ClO3. The average Bonchev–Trinajstić information content (AvgIpc) is 2.56. The van der Waals surface area contributed by atoms with Gasteiger partial charge in [0.25, 0.3) is 0 Å². The second-order valence-electron chi connectivity index (χ2n) is 4.52. The van der Waals surface area contributed by atoms with Crippen LogP contribution in [-0.2, 0) is 4.74 Å². The van der Waals surface area contributed by atoms with E-state index >= 15 is 0 Å². The summed E-state index contributed by atoms with van der Waals surface area (Å²) >= 11 is 5.45. The second-order valence-corrected chi connectivity index (χ2v) is 4.77. The van der Waals surface area contributed by atoms with Crippen molar-refractivity contribution >= 4 is 11.6 Å². The van der Waals surface area contributed by atoms with Crippen LogP contribution in [0.4, 0.5) is 0 Å². The van der Waals surface area contributed by atoms with Crippen LogP contribution < -0.4 is 9.47 Å². The zero-order chi connectivity index (χ0) is 15.5. The van der Waals surface area contributed by atoms with Crippen LogP contribution in [0, 0.1) is 0 Å². The van der Waals surface area contributed by atoms with Gasteiger partial charge in [-0.15, -0.1) is 0 Å². The number of benzene rings is 2. The second kappa shape index (κ2) is 9.87. The van der Waals surface area contributed by atoms with Gasteiger partial charge in [-0.3, -0.25) is 0 Å². The van der Waals surface area contributed by atoms with Crippen molar-refractivity contribution in [1.82, 2.24) is 0 Å². The first kappa shape index (κ1) is 16.4. The quantitative estimate of drug-likeness (QED) is 0.498. The van der Waals surface area contributed by atoms with Gasteiger partial charge in [0, 0.05) is 12.0 Å². The van der Waals surface area contributed by atoms with Gasteiger partial charge in [0.2, 0.25) is 6.29 Å². The van der Waals surface area contributed by atoms with Crippen molar-refractivity contribution in [3.8, 4) is 11.5 Å². The molecule has 0 saturated carbocycles. The maximum Gasteiger partial charge on any atom is 0.243 e. The average molecular weight is 319 g/mol. The van der Waals surface area contributed by atoms with E-state index in [1.54, 1.807) is 6.08 Å². The summed E-state index contributed by atoms with van der Waals surface area (Å²) in [6.45, 7) is 0.998. The minimum Gasteiger partial charge on any atom is -0.455 e. The number of halogens is 1. The highest BCUT2D eigenvalue weighted by molar-refractivity contribution is 6.25. The zero-order valence-corrected chi connectivity index (χ0v) is 13.0. The van der Waals surface area contributed by atoms with Crippen LogP contribution in [0.1, 0.15) is 6.42 Å². The predicted molar refractivity (Wildman–Crippen MR) is 88.4 cm³/mol. The van der Waals surface area contributed by atoms with Crippen LogP contribution in [0.5, 0.6) is 11.5 Å². The monoisotopic (exact) mass is 318 g/mol. The first-order valence-corrected chi connectivity index (χ1v) is 7.58. The van der Waals surface area contributed by atoms with Crippen LogP contribution in [0.25, 0.3) is 0 Å². The van der Waals surface area contributed by atoms with E-state index < -0.39 is 6.29 Å². The smallest absolute Gasteiger partial charge is 0.243 e. The molecule has 0 aliphatic carbocycles. The van der Waals surface area contributed by atoms with E-state index in [1.165, 1.54) is 5.54 Å². The molecule has 0 aromatic heterocycles. The summed E-state index contributed by atoms with van der Waals surface area (Å²) in [7, 11) is 0. The molecule has 22 heavy (non-hydrogen) atoms. The Morgan fingerprint density at radius 1 is 0.864 bits per heavy atom. The van der Waals surface area contributed by atoms with Crippen molar-refractivity contribution in [2.45, 2.75) is 12.7 Å². The highest BCUT2D eigenvalue weighted by atomic mass is 35.5. The third kappa shape index (κ3) is 6.20. The molecule has 0 atom stereocenters. The van der Waals surface area contributed by atoms with Crippen molar-refractivity contribution in [1.29, 1.82) is 0 Å². The summed E-state index contributed by atoms with van der Waals surface area (Å²) in [5.41, 5.74) is 1.44. The molecule has 0 aliphatic rings. The number of rotatable bonds is 9. The van der Waals surface area contributed by atoms with Gasteiger partial charge in [0.1, 0.15) is 11.5 Å². The Bertz CT molecular complexity index is 501. The van der Waals surface area contributed by atoms with Gasteiger partial charge < -0.3 is 14.2 Å². The highest BCUT2D eigenvalue weighted by Crippen LogP contribution is 2.17. The van der Waals surface area contributed by atoms with E-state index in [4.69, 9.17) is 25.8 Å². The highest BCUT2D eigenvalue weighted by Gasteiger charge is 2.12. The Kier molecular flexibility index (Phi) is 7.36. The summed E-state index contributed by atoms with van der Waals surface area (Å²) in [6, 6.07) is 19.2. The Hall–Kier alpha value is -1.97. The molecule has 0 spiro atoms. The predicted octanol–water partition coefficient (Wildman–Crippen LogP) is 4.63. The van der Waals surface area contributed by atoms with Crippen LogP contribution in [-0.4, -0.2) is 19.5 Å². The molecule has 0 amide bonds. The van der Waals surface area contributed by atoms with Gasteiger partial charge >= 0.3 is 0 Å². The lowest BCUT2D eigenvalue weighted by atomic mass is 10.3. The van der Waals surface area contributed by atoms with Crippen LogP contribution >= 0.6 is 11.6 Å². The molecule has 0 N–H and O–H groups in total. The van der Waals surface area contributed by atoms with Crippen LogP contribution in [0.3, 0.4) is 0 Å². The van der Waals surface area contributed by atoms with Gasteiger partial charge in [-0.2, -0.15) is 0 Å². The SMILES string of the molecule is ClC=CCOCCC(Oc1ccccc1)Oc1ccccc1. The molecule has 2 rings (SSSR count). The lowest BCUT2D eigenvalue weighted by Gasteiger charge is -2.20. The lowest BCUT2D eigenvalue weighted by molar-refractivity contribution is -0.0195. The van der Waals surface area contributed by atoms with E-state index in [0.29, 0.717) is 19.6 Å². The van der Waals surface area contributed by atoms with E-state index in [9.17, 15) is 0 Å². The van der Waals surface area contributed by atoms with Gasteiger partial charge in [-0.25, -0.2) is 0 Å². The summed E-state index contributed by atoms with van der Waals surface area (Å²) in [6.07, 6.45) is 1.94. The van der Waals surface area contributed by atoms with Crippen LogP contribution in [0.15, 0.2) is 72.3 Å². The third-order valence-electron chi connectivity index (χ3n) is 2.82. The van der Waals surface area contributed by atoms with Gasteiger partial charge in [0.15, 0.2) is 0 Å². The van der Waals surface area contributed by atoms with Crippen molar-refractivity contribution < 1.29 is 14.2 Å². The molecule has 4 heteroatoms. The van der Waals surface area contributed by atoms with Gasteiger partial charge in [-0.05, 0) is 30.3 Å². The minimum absolute atomic E-state index is 0.412. The largest absolute Gasteiger partial charge is 0.455 e. The van der Waals surface area contributed by atoms with Crippen molar-refractivity contribution in [2.75, 3.05) is 13.2 Å². The molecular weight excluding hydrogens is 300 g/mol. The van der Waals surface area contributed by atoms with Gasteiger partial charge in [0.05, 0.1) is 13.2 Å². The topological polar surface area (TPSA) is 27.7 Å². The fourth-order valence-corrected chi connectivity index (χ4v) is 1.88. The fraction of sp³-hybridized carbons (Fsp3) is 0.222. The van der Waals surface area contributed by atoms with Crippen molar-refractivity contribution in [3.63, 3.8) is 0 Å². The Labute approximate surface area is 136 Å². The fourth-order valence-electron chi connectivity index (χ4n) is 1.81. The number of hydrogen-bond donors (Lipinski definition) is 0. The molecule has 0 radical (unpaired) electrons. The maximum atomic E-state index is 5.88. The molecule has 0 aliphatic heterocycles. The molecule has 0 unspecified atom stereocenters. The van der Waals surface area contributed by atoms with Gasteiger partial charge in [-0.1, -0.05) is 48.0 Å². The number of hydrogen-bond acceptors (Lipinski definition) is 3. The molecule has 2 aromatic carbocycles. The zero-order valence-electron chi connectivity index (χ0n) is 12.2. The van der Waals surface area contributed by atoms with E-state index in [0.717, 1.165) is 11.5 Å². The summed E-state index contributed by atoms with van der Waals surface area (Å²) in [5, 5.41) is 0. The summed E-state index contributed by atoms with van der Waals surface area (Å²) in [4.78, 5) is 0. The maximum absolute atomic E-state index is 5.88. The Morgan fingerprint density at radius 3 is 1.91 bits per heavy atom. The van der Waals surface area contributed by atoms with Crippen molar-refractivity contribution in [2.24, 2.45) is 0 Å². The molecule has 0 bridgehead atoms. The molecule has 0 fully saturated rings. The Morgan fingerprint density at radius 2 is 1.41 bits per heavy atom. The molecule has 3 nitrogen and oxygen atoms in total. The standard InChI is InChI=1S/C18H19ClO3/c19-13-7-14-20-15-12-18(21-16-8-3-1-4-9-16)22-17-10-5-2-6-11-17/h1-11,13,18H,12,14-15H2. The first-order chi connectivity index (χ1) is 10.9. The molecule has 0 heterocycles. The Balaban J connectivity index is 1.91. The lowest BCUT2D eigenvalue weighted by Crippen LogP contribution is -2.25. The summed E-state index contributed by atoms with van der Waals surface area (Å²) in [5.74, 6) is 1.54. The minimum atomic E-state index is -0.412. The van der Waals surface area contributed by atoms with E-state index in [1.807, 2.05) is 60.7 Å². The number of para-hydroxylation sites is 2. The number of ether oxygens (including phenoxy) is 3. The van der Waals surface area contributed by atoms with E-state index in [2.05, 4.69) is 0 Å². The molecule has 2 aromatic rings. The molecule has 0 saturated heterocycles. The van der Waals surface area contributed by atoms with Crippen LogP contribution in [0.2, 0.25) is 0 Å². The first-order valence-electron chi connectivity index (χ1n) is 7.15. The normalized spacial score (nSPS) is 11.0. The third-order valence-corrected chi connectivity index (χ3v) is 3.00. The summed E-state index contributed by atoms with van der Waals surface area (Å²) < 4.78 is 17.2. The van der Waals surface area contributed by atoms with Crippen molar-refractivity contribution in [3.05, 3.63) is 72.3 Å². The molecule has 116 valence electrons. The van der Waals surface area contributed by atoms with E-state index in [-0.39, 0.29) is 0 Å².